The number of halogens is 1. The molecule has 118 valence electrons. The topological polar surface area (TPSA) is 61.4 Å². The number of anilines is 1. The Morgan fingerprint density at radius 1 is 1.17 bits per heavy atom. The molecular formula is C17H16ClN3O2. The number of nitrogens with one attached hydrogen (secondary N) is 2. The van der Waals surface area contributed by atoms with Crippen molar-refractivity contribution < 1.29 is 9.59 Å². The van der Waals surface area contributed by atoms with Crippen molar-refractivity contribution in [2.75, 3.05) is 18.4 Å². The molecule has 0 saturated carbocycles. The molecule has 3 amide bonds. The molecule has 0 radical (unpaired) electrons. The molecule has 0 aromatic heterocycles. The van der Waals surface area contributed by atoms with Gasteiger partial charge in [-0.2, -0.15) is 0 Å². The first-order valence-corrected chi connectivity index (χ1v) is 7.69. The van der Waals surface area contributed by atoms with Crippen LogP contribution in [0.4, 0.5) is 10.5 Å². The number of hydrogen-bond donors (Lipinski definition) is 2. The number of fused-ring (bicyclic) bond motifs is 1. The van der Waals surface area contributed by atoms with Gasteiger partial charge in [0.1, 0.15) is 0 Å². The molecule has 23 heavy (non-hydrogen) atoms. The van der Waals surface area contributed by atoms with E-state index in [-0.39, 0.29) is 11.9 Å². The van der Waals surface area contributed by atoms with Crippen LogP contribution in [0.5, 0.6) is 0 Å². The molecule has 0 fully saturated rings. The molecule has 2 aromatic rings. The molecular weight excluding hydrogens is 314 g/mol. The van der Waals surface area contributed by atoms with Crippen molar-refractivity contribution in [3.05, 3.63) is 64.7 Å². The second-order valence-corrected chi connectivity index (χ2v) is 5.71. The van der Waals surface area contributed by atoms with Crippen LogP contribution in [0.3, 0.4) is 0 Å². The lowest BCUT2D eigenvalue weighted by molar-refractivity contribution is 0.0780. The van der Waals surface area contributed by atoms with Gasteiger partial charge in [-0.3, -0.25) is 4.79 Å². The number of rotatable bonds is 4. The normalized spacial score (nSPS) is 12.9. The fourth-order valence-corrected chi connectivity index (χ4v) is 2.73. The number of carbonyl (C=O) groups excluding carboxylic acids is 2. The fraction of sp³-hybridized carbons (Fsp3) is 0.176. The first kappa shape index (κ1) is 15.4. The molecule has 1 heterocycles. The highest BCUT2D eigenvalue weighted by atomic mass is 35.5. The van der Waals surface area contributed by atoms with Crippen LogP contribution in [0.15, 0.2) is 48.5 Å². The minimum absolute atomic E-state index is 0.0117. The summed E-state index contributed by atoms with van der Waals surface area (Å²) in [6.07, 6.45) is 0. The van der Waals surface area contributed by atoms with Crippen molar-refractivity contribution >= 4 is 29.2 Å². The lowest BCUT2D eigenvalue weighted by Crippen LogP contribution is -2.37. The summed E-state index contributed by atoms with van der Waals surface area (Å²) in [7, 11) is 0. The van der Waals surface area contributed by atoms with Gasteiger partial charge in [0.15, 0.2) is 0 Å². The lowest BCUT2D eigenvalue weighted by atomic mass is 10.1. The molecule has 0 aliphatic carbocycles. The molecule has 0 atom stereocenters. The third kappa shape index (κ3) is 3.63. The summed E-state index contributed by atoms with van der Waals surface area (Å²) in [5.74, 6) is 0.0117. The zero-order valence-electron chi connectivity index (χ0n) is 12.4. The van der Waals surface area contributed by atoms with Crippen LogP contribution >= 0.6 is 11.6 Å². The summed E-state index contributed by atoms with van der Waals surface area (Å²) in [6, 6.07) is 14.2. The number of amides is 3. The van der Waals surface area contributed by atoms with Crippen LogP contribution < -0.4 is 10.6 Å². The van der Waals surface area contributed by atoms with Gasteiger partial charge in [0.25, 0.3) is 5.91 Å². The summed E-state index contributed by atoms with van der Waals surface area (Å²) < 4.78 is 0. The van der Waals surface area contributed by atoms with Crippen LogP contribution in [-0.2, 0) is 6.54 Å². The smallest absolute Gasteiger partial charge is 0.319 e. The van der Waals surface area contributed by atoms with Crippen LogP contribution in [0, 0.1) is 0 Å². The Labute approximate surface area is 139 Å². The van der Waals surface area contributed by atoms with E-state index in [1.165, 1.54) is 0 Å². The van der Waals surface area contributed by atoms with Gasteiger partial charge < -0.3 is 15.5 Å². The van der Waals surface area contributed by atoms with E-state index in [1.807, 2.05) is 24.3 Å². The standard InChI is InChI=1S/C17H16ClN3O2/c18-13-5-3-6-14(10-13)20-17(23)19-8-9-21-11-12-4-1-2-7-15(12)16(21)22/h1-7,10H,8-9,11H2,(H2,19,20,23). The Kier molecular flexibility index (Phi) is 4.48. The van der Waals surface area contributed by atoms with Crippen LogP contribution in [0.1, 0.15) is 15.9 Å². The molecule has 0 unspecified atom stereocenters. The molecule has 6 heteroatoms. The van der Waals surface area contributed by atoms with Crippen molar-refractivity contribution in [3.63, 3.8) is 0 Å². The molecule has 1 aliphatic heterocycles. The van der Waals surface area contributed by atoms with E-state index in [1.54, 1.807) is 29.2 Å². The summed E-state index contributed by atoms with van der Waals surface area (Å²) in [5.41, 5.74) is 2.40. The number of benzene rings is 2. The molecule has 2 N–H and O–H groups in total. The Morgan fingerprint density at radius 2 is 2.00 bits per heavy atom. The minimum Gasteiger partial charge on any atom is -0.336 e. The summed E-state index contributed by atoms with van der Waals surface area (Å²) >= 11 is 5.86. The van der Waals surface area contributed by atoms with Crippen molar-refractivity contribution in [2.45, 2.75) is 6.54 Å². The Morgan fingerprint density at radius 3 is 2.78 bits per heavy atom. The summed E-state index contributed by atoms with van der Waals surface area (Å²) in [4.78, 5) is 25.7. The predicted octanol–water partition coefficient (Wildman–Crippen LogP) is 3.12. The molecule has 2 aromatic carbocycles. The second-order valence-electron chi connectivity index (χ2n) is 5.28. The minimum atomic E-state index is -0.323. The molecule has 0 spiro atoms. The van der Waals surface area contributed by atoms with Gasteiger partial charge in [0, 0.05) is 35.9 Å². The predicted molar refractivity (Wildman–Crippen MR) is 89.7 cm³/mol. The van der Waals surface area contributed by atoms with Crippen molar-refractivity contribution in [2.24, 2.45) is 0 Å². The van der Waals surface area contributed by atoms with E-state index in [0.717, 1.165) is 11.1 Å². The monoisotopic (exact) mass is 329 g/mol. The van der Waals surface area contributed by atoms with Crippen LogP contribution in [0.2, 0.25) is 5.02 Å². The first-order chi connectivity index (χ1) is 11.1. The third-order valence-electron chi connectivity index (χ3n) is 3.65. The summed E-state index contributed by atoms with van der Waals surface area (Å²) in [5, 5.41) is 5.99. The lowest BCUT2D eigenvalue weighted by Gasteiger charge is -2.16. The Balaban J connectivity index is 1.47. The average Bonchev–Trinajstić information content (AvgIpc) is 2.84. The van der Waals surface area contributed by atoms with Crippen LogP contribution in [-0.4, -0.2) is 29.9 Å². The fourth-order valence-electron chi connectivity index (χ4n) is 2.54. The van der Waals surface area contributed by atoms with E-state index >= 15 is 0 Å². The largest absolute Gasteiger partial charge is 0.336 e. The van der Waals surface area contributed by atoms with Crippen molar-refractivity contribution in [3.8, 4) is 0 Å². The average molecular weight is 330 g/mol. The SMILES string of the molecule is O=C(NCCN1Cc2ccccc2C1=O)Nc1cccc(Cl)c1. The maximum atomic E-state index is 12.2. The van der Waals surface area contributed by atoms with Gasteiger partial charge in [-0.1, -0.05) is 35.9 Å². The third-order valence-corrected chi connectivity index (χ3v) is 3.88. The van der Waals surface area contributed by atoms with Gasteiger partial charge in [-0.05, 0) is 29.8 Å². The Bertz CT molecular complexity index is 748. The molecule has 0 saturated heterocycles. The maximum Gasteiger partial charge on any atom is 0.319 e. The molecule has 0 bridgehead atoms. The van der Waals surface area contributed by atoms with Gasteiger partial charge in [-0.25, -0.2) is 4.79 Å². The van der Waals surface area contributed by atoms with Crippen molar-refractivity contribution in [1.82, 2.24) is 10.2 Å². The van der Waals surface area contributed by atoms with Gasteiger partial charge in [-0.15, -0.1) is 0 Å². The number of urea groups is 1. The zero-order chi connectivity index (χ0) is 16.2. The Hall–Kier alpha value is -2.53. The second kappa shape index (κ2) is 6.71. The van der Waals surface area contributed by atoms with E-state index in [9.17, 15) is 9.59 Å². The molecule has 1 aliphatic rings. The van der Waals surface area contributed by atoms with E-state index in [4.69, 9.17) is 11.6 Å². The maximum absolute atomic E-state index is 12.2. The van der Waals surface area contributed by atoms with Gasteiger partial charge in [0.2, 0.25) is 0 Å². The highest BCUT2D eigenvalue weighted by Crippen LogP contribution is 2.21. The van der Waals surface area contributed by atoms with Crippen molar-refractivity contribution in [1.29, 1.82) is 0 Å². The van der Waals surface area contributed by atoms with Crippen LogP contribution in [0.25, 0.3) is 0 Å². The molecule has 3 rings (SSSR count). The van der Waals surface area contributed by atoms with E-state index < -0.39 is 0 Å². The number of nitrogens with zero attached hydrogens (tertiary/aromatic N) is 1. The van der Waals surface area contributed by atoms with E-state index in [0.29, 0.717) is 30.3 Å². The summed E-state index contributed by atoms with van der Waals surface area (Å²) in [6.45, 7) is 1.44. The quantitative estimate of drug-likeness (QED) is 0.905. The van der Waals surface area contributed by atoms with Gasteiger partial charge >= 0.3 is 6.03 Å². The number of carbonyl (C=O) groups is 2. The van der Waals surface area contributed by atoms with Gasteiger partial charge in [0.05, 0.1) is 0 Å². The zero-order valence-corrected chi connectivity index (χ0v) is 13.1. The molecule has 5 nitrogen and oxygen atoms in total. The number of hydrogen-bond acceptors (Lipinski definition) is 2. The van der Waals surface area contributed by atoms with E-state index in [2.05, 4.69) is 10.6 Å². The highest BCUT2D eigenvalue weighted by Gasteiger charge is 2.26. The highest BCUT2D eigenvalue weighted by molar-refractivity contribution is 6.30. The first-order valence-electron chi connectivity index (χ1n) is 7.31.